The number of thioether (sulfide) groups is 1. The predicted octanol–water partition coefficient (Wildman–Crippen LogP) is 3.50. The number of thiophene rings is 1. The van der Waals surface area contributed by atoms with Crippen LogP contribution in [0.5, 0.6) is 0 Å². The molecule has 0 spiro atoms. The number of fused-ring (bicyclic) bond motifs is 1. The van der Waals surface area contributed by atoms with Crippen LogP contribution >= 0.6 is 23.1 Å². The van der Waals surface area contributed by atoms with E-state index >= 15 is 0 Å². The van der Waals surface area contributed by atoms with Gasteiger partial charge in [-0.2, -0.15) is 0 Å². The van der Waals surface area contributed by atoms with Crippen LogP contribution in [0.25, 0.3) is 0 Å². The highest BCUT2D eigenvalue weighted by Gasteiger charge is 2.36. The standard InChI is InChI=1S/C15H22N2S2/c1-10-8-14(13-5-7-18-15(13)19-10)16-11-4-6-17(9-11)12-2-3-12/h5,7,10-12,14,16H,2-4,6,8-9H2,1H3/t10-,11?,14?/m0/s1. The third-order valence-electron chi connectivity index (χ3n) is 4.63. The maximum Gasteiger partial charge on any atom is 0.0649 e. The highest BCUT2D eigenvalue weighted by molar-refractivity contribution is 8.01. The quantitative estimate of drug-likeness (QED) is 0.918. The van der Waals surface area contributed by atoms with E-state index in [1.54, 1.807) is 9.77 Å². The van der Waals surface area contributed by atoms with E-state index in [0.717, 1.165) is 11.3 Å². The van der Waals surface area contributed by atoms with E-state index < -0.39 is 0 Å². The van der Waals surface area contributed by atoms with Gasteiger partial charge in [0.05, 0.1) is 4.21 Å². The summed E-state index contributed by atoms with van der Waals surface area (Å²) in [4.78, 5) is 2.70. The van der Waals surface area contributed by atoms with E-state index in [9.17, 15) is 0 Å². The first-order valence-corrected chi connectivity index (χ1v) is 9.29. The third-order valence-corrected chi connectivity index (χ3v) is 6.97. The lowest BCUT2D eigenvalue weighted by Crippen LogP contribution is -2.37. The molecule has 1 aliphatic carbocycles. The molecule has 3 atom stereocenters. The van der Waals surface area contributed by atoms with Gasteiger partial charge in [0.25, 0.3) is 0 Å². The van der Waals surface area contributed by atoms with Crippen molar-refractivity contribution in [3.63, 3.8) is 0 Å². The first-order valence-electron chi connectivity index (χ1n) is 7.54. The molecule has 4 rings (SSSR count). The van der Waals surface area contributed by atoms with Gasteiger partial charge in [0.15, 0.2) is 0 Å². The molecule has 0 radical (unpaired) electrons. The summed E-state index contributed by atoms with van der Waals surface area (Å²) in [5.41, 5.74) is 1.57. The summed E-state index contributed by atoms with van der Waals surface area (Å²) >= 11 is 3.98. The Bertz CT molecular complexity index is 455. The fraction of sp³-hybridized carbons (Fsp3) is 0.733. The largest absolute Gasteiger partial charge is 0.306 e. The Balaban J connectivity index is 1.43. The van der Waals surface area contributed by atoms with Crippen molar-refractivity contribution in [2.45, 2.75) is 60.2 Å². The Morgan fingerprint density at radius 2 is 2.21 bits per heavy atom. The molecule has 2 nitrogen and oxygen atoms in total. The second kappa shape index (κ2) is 5.06. The van der Waals surface area contributed by atoms with Gasteiger partial charge in [-0.3, -0.25) is 4.90 Å². The number of nitrogens with one attached hydrogen (secondary N) is 1. The predicted molar refractivity (Wildman–Crippen MR) is 83.1 cm³/mol. The number of hydrogen-bond acceptors (Lipinski definition) is 4. The van der Waals surface area contributed by atoms with Crippen LogP contribution in [0.4, 0.5) is 0 Å². The van der Waals surface area contributed by atoms with Crippen molar-refractivity contribution in [3.05, 3.63) is 17.0 Å². The Hall–Kier alpha value is -0.0300. The van der Waals surface area contributed by atoms with E-state index in [4.69, 9.17) is 0 Å². The van der Waals surface area contributed by atoms with Gasteiger partial charge in [-0.15, -0.1) is 23.1 Å². The zero-order valence-electron chi connectivity index (χ0n) is 11.5. The molecular formula is C15H22N2S2. The minimum absolute atomic E-state index is 0.599. The van der Waals surface area contributed by atoms with Gasteiger partial charge < -0.3 is 5.32 Å². The van der Waals surface area contributed by atoms with Gasteiger partial charge in [-0.05, 0) is 42.7 Å². The second-order valence-corrected chi connectivity index (χ2v) is 8.88. The fourth-order valence-corrected chi connectivity index (χ4v) is 6.05. The van der Waals surface area contributed by atoms with Crippen LogP contribution in [0, 0.1) is 0 Å². The summed E-state index contributed by atoms with van der Waals surface area (Å²) in [5.74, 6) is 0. The molecule has 0 bridgehead atoms. The molecular weight excluding hydrogens is 272 g/mol. The van der Waals surface area contributed by atoms with Crippen LogP contribution in [0.3, 0.4) is 0 Å². The van der Waals surface area contributed by atoms with Crippen molar-refractivity contribution in [2.75, 3.05) is 13.1 Å². The number of likely N-dealkylation sites (tertiary alicyclic amines) is 1. The van der Waals surface area contributed by atoms with Gasteiger partial charge in [-0.1, -0.05) is 6.92 Å². The number of rotatable bonds is 3. The van der Waals surface area contributed by atoms with Crippen LogP contribution in [-0.2, 0) is 0 Å². The lowest BCUT2D eigenvalue weighted by atomic mass is 10.0. The minimum atomic E-state index is 0.599. The normalized spacial score (nSPS) is 35.5. The van der Waals surface area contributed by atoms with Crippen molar-refractivity contribution in [1.82, 2.24) is 10.2 Å². The van der Waals surface area contributed by atoms with E-state index in [1.807, 2.05) is 11.3 Å². The molecule has 0 aromatic carbocycles. The molecule has 19 heavy (non-hydrogen) atoms. The molecule has 4 heteroatoms. The Labute approximate surface area is 124 Å². The summed E-state index contributed by atoms with van der Waals surface area (Å²) in [5, 5.41) is 6.97. The van der Waals surface area contributed by atoms with Crippen LogP contribution in [0.1, 0.15) is 44.2 Å². The number of hydrogen-bond donors (Lipinski definition) is 1. The van der Waals surface area contributed by atoms with Crippen molar-refractivity contribution in [2.24, 2.45) is 0 Å². The van der Waals surface area contributed by atoms with E-state index in [0.29, 0.717) is 12.1 Å². The summed E-state index contributed by atoms with van der Waals surface area (Å²) in [6, 6.07) is 4.59. The maximum absolute atomic E-state index is 3.95. The Kier molecular flexibility index (Phi) is 3.38. The van der Waals surface area contributed by atoms with Gasteiger partial charge in [0, 0.05) is 36.5 Å². The zero-order chi connectivity index (χ0) is 12.8. The van der Waals surface area contributed by atoms with Gasteiger partial charge in [0.1, 0.15) is 0 Å². The monoisotopic (exact) mass is 294 g/mol. The highest BCUT2D eigenvalue weighted by Crippen LogP contribution is 2.44. The summed E-state index contributed by atoms with van der Waals surface area (Å²) in [6.07, 6.45) is 5.51. The molecule has 2 fully saturated rings. The van der Waals surface area contributed by atoms with Crippen molar-refractivity contribution < 1.29 is 0 Å². The van der Waals surface area contributed by atoms with Gasteiger partial charge in [0.2, 0.25) is 0 Å². The SMILES string of the molecule is C[C@H]1CC(NC2CCN(C3CC3)C2)c2ccsc2S1. The first kappa shape index (κ1) is 12.7. The van der Waals surface area contributed by atoms with Crippen molar-refractivity contribution in [3.8, 4) is 0 Å². The average Bonchev–Trinajstić information content (AvgIpc) is 2.95. The van der Waals surface area contributed by atoms with Gasteiger partial charge in [-0.25, -0.2) is 0 Å². The maximum atomic E-state index is 3.95. The lowest BCUT2D eigenvalue weighted by molar-refractivity contribution is 0.310. The smallest absolute Gasteiger partial charge is 0.0649 e. The van der Waals surface area contributed by atoms with Crippen molar-refractivity contribution >= 4 is 23.1 Å². The molecule has 1 saturated heterocycles. The van der Waals surface area contributed by atoms with E-state index in [1.165, 1.54) is 38.8 Å². The van der Waals surface area contributed by atoms with E-state index in [-0.39, 0.29) is 0 Å². The molecule has 3 aliphatic rings. The summed E-state index contributed by atoms with van der Waals surface area (Å²) in [7, 11) is 0. The van der Waals surface area contributed by atoms with Crippen LogP contribution < -0.4 is 5.32 Å². The molecule has 1 aromatic rings. The Morgan fingerprint density at radius 3 is 3.05 bits per heavy atom. The lowest BCUT2D eigenvalue weighted by Gasteiger charge is -2.30. The summed E-state index contributed by atoms with van der Waals surface area (Å²) < 4.78 is 1.55. The van der Waals surface area contributed by atoms with Gasteiger partial charge >= 0.3 is 0 Å². The van der Waals surface area contributed by atoms with Crippen molar-refractivity contribution in [1.29, 1.82) is 0 Å². The zero-order valence-corrected chi connectivity index (χ0v) is 13.1. The van der Waals surface area contributed by atoms with Crippen LogP contribution in [0.2, 0.25) is 0 Å². The fourth-order valence-electron chi connectivity index (χ4n) is 3.49. The molecule has 1 saturated carbocycles. The molecule has 1 N–H and O–H groups in total. The summed E-state index contributed by atoms with van der Waals surface area (Å²) in [6.45, 7) is 4.96. The topological polar surface area (TPSA) is 15.3 Å². The number of nitrogens with zero attached hydrogens (tertiary/aromatic N) is 1. The second-order valence-electron chi connectivity index (χ2n) is 6.26. The average molecular weight is 294 g/mol. The molecule has 1 aromatic heterocycles. The van der Waals surface area contributed by atoms with Crippen LogP contribution in [-0.4, -0.2) is 35.3 Å². The molecule has 3 heterocycles. The highest BCUT2D eigenvalue weighted by atomic mass is 32.2. The molecule has 2 aliphatic heterocycles. The van der Waals surface area contributed by atoms with Crippen LogP contribution in [0.15, 0.2) is 15.7 Å². The first-order chi connectivity index (χ1) is 9.29. The molecule has 104 valence electrons. The third kappa shape index (κ3) is 2.60. The Morgan fingerprint density at radius 1 is 1.32 bits per heavy atom. The minimum Gasteiger partial charge on any atom is -0.306 e. The molecule has 0 amide bonds. The van der Waals surface area contributed by atoms with E-state index in [2.05, 4.69) is 40.3 Å². The molecule has 2 unspecified atom stereocenters.